The second-order valence-electron chi connectivity index (χ2n) is 5.92. The minimum atomic E-state index is -0.0586. The van der Waals surface area contributed by atoms with Crippen molar-refractivity contribution in [1.29, 1.82) is 0 Å². The van der Waals surface area contributed by atoms with E-state index in [1.807, 2.05) is 6.07 Å². The predicted molar refractivity (Wildman–Crippen MR) is 79.9 cm³/mol. The first kappa shape index (κ1) is 14.9. The molecule has 1 heterocycles. The van der Waals surface area contributed by atoms with Crippen molar-refractivity contribution < 1.29 is 13.9 Å². The van der Waals surface area contributed by atoms with Crippen molar-refractivity contribution in [3.05, 3.63) is 35.1 Å². The van der Waals surface area contributed by atoms with Gasteiger partial charge in [0.1, 0.15) is 5.82 Å². The smallest absolute Gasteiger partial charge is 0.126 e. The highest BCUT2D eigenvalue weighted by molar-refractivity contribution is 5.35. The summed E-state index contributed by atoms with van der Waals surface area (Å²) in [6, 6.07) is 5.70. The number of fused-ring (bicyclic) bond motifs is 1. The van der Waals surface area contributed by atoms with Gasteiger partial charge < -0.3 is 14.8 Å². The Bertz CT molecular complexity index is 460. The van der Waals surface area contributed by atoms with Crippen LogP contribution in [0.4, 0.5) is 4.39 Å². The van der Waals surface area contributed by atoms with E-state index in [0.717, 1.165) is 69.6 Å². The lowest BCUT2D eigenvalue weighted by atomic mass is 10.1. The van der Waals surface area contributed by atoms with Crippen molar-refractivity contribution in [1.82, 2.24) is 5.32 Å². The molecule has 1 aliphatic heterocycles. The van der Waals surface area contributed by atoms with Crippen LogP contribution in [0.25, 0.3) is 0 Å². The molecule has 1 saturated heterocycles. The molecule has 0 saturated carbocycles. The first-order valence-electron chi connectivity index (χ1n) is 8.04. The van der Waals surface area contributed by atoms with Gasteiger partial charge in [0.05, 0.1) is 12.7 Å². The molecule has 0 amide bonds. The van der Waals surface area contributed by atoms with Gasteiger partial charge in [-0.25, -0.2) is 4.39 Å². The molecule has 0 aromatic heterocycles. The maximum Gasteiger partial charge on any atom is 0.126 e. The summed E-state index contributed by atoms with van der Waals surface area (Å²) in [5.74, 6) is -0.0586. The minimum Gasteiger partial charge on any atom is -0.379 e. The summed E-state index contributed by atoms with van der Waals surface area (Å²) in [6.07, 6.45) is 5.41. The molecule has 21 heavy (non-hydrogen) atoms. The molecule has 1 aromatic rings. The summed E-state index contributed by atoms with van der Waals surface area (Å²) in [5.41, 5.74) is 2.03. The lowest BCUT2D eigenvalue weighted by Gasteiger charge is -2.14. The molecular weight excluding hydrogens is 269 g/mol. The van der Waals surface area contributed by atoms with Crippen molar-refractivity contribution in [2.45, 2.75) is 44.2 Å². The maximum atomic E-state index is 13.6. The van der Waals surface area contributed by atoms with Gasteiger partial charge in [0.2, 0.25) is 0 Å². The zero-order valence-corrected chi connectivity index (χ0v) is 12.4. The molecular formula is C17H24FNO2. The van der Waals surface area contributed by atoms with E-state index in [1.165, 1.54) is 0 Å². The average Bonchev–Trinajstić information content (AvgIpc) is 3.13. The van der Waals surface area contributed by atoms with Gasteiger partial charge in [-0.15, -0.1) is 0 Å². The minimum absolute atomic E-state index is 0.0586. The summed E-state index contributed by atoms with van der Waals surface area (Å²) in [6.45, 7) is 3.27. The second kappa shape index (κ2) is 7.34. The summed E-state index contributed by atoms with van der Waals surface area (Å²) in [4.78, 5) is 0. The van der Waals surface area contributed by atoms with Crippen LogP contribution >= 0.6 is 0 Å². The molecule has 1 fully saturated rings. The van der Waals surface area contributed by atoms with Crippen molar-refractivity contribution in [3.63, 3.8) is 0 Å². The largest absolute Gasteiger partial charge is 0.379 e. The molecule has 2 aliphatic rings. The summed E-state index contributed by atoms with van der Waals surface area (Å²) in [7, 11) is 0. The van der Waals surface area contributed by atoms with Crippen LogP contribution in [0.1, 0.15) is 42.9 Å². The Labute approximate surface area is 125 Å². The average molecular weight is 293 g/mol. The zero-order valence-electron chi connectivity index (χ0n) is 12.4. The zero-order chi connectivity index (χ0) is 14.5. The standard InChI is InChI=1S/C17H24FNO2/c18-16-6-1-5-15-14(16)7-8-17(15)19-9-3-10-20-12-13-4-2-11-21-13/h1,5-6,13,17,19H,2-4,7-12H2. The third kappa shape index (κ3) is 3.82. The molecule has 1 aromatic carbocycles. The van der Waals surface area contributed by atoms with Crippen molar-refractivity contribution in [2.75, 3.05) is 26.4 Å². The van der Waals surface area contributed by atoms with Gasteiger partial charge in [0.15, 0.2) is 0 Å². The van der Waals surface area contributed by atoms with Gasteiger partial charge in [-0.3, -0.25) is 0 Å². The first-order chi connectivity index (χ1) is 10.3. The van der Waals surface area contributed by atoms with Crippen LogP contribution in [0.2, 0.25) is 0 Å². The SMILES string of the molecule is Fc1cccc2c1CCC2NCCCOCC1CCCO1. The lowest BCUT2D eigenvalue weighted by Crippen LogP contribution is -2.22. The Balaban J connectivity index is 1.33. The van der Waals surface area contributed by atoms with E-state index in [0.29, 0.717) is 12.1 Å². The maximum absolute atomic E-state index is 13.6. The number of ether oxygens (including phenoxy) is 2. The van der Waals surface area contributed by atoms with Gasteiger partial charge >= 0.3 is 0 Å². The summed E-state index contributed by atoms with van der Waals surface area (Å²) < 4.78 is 24.8. The fourth-order valence-corrected chi connectivity index (χ4v) is 3.26. The molecule has 2 unspecified atom stereocenters. The van der Waals surface area contributed by atoms with Gasteiger partial charge in [-0.1, -0.05) is 12.1 Å². The van der Waals surface area contributed by atoms with E-state index in [-0.39, 0.29) is 5.82 Å². The van der Waals surface area contributed by atoms with E-state index in [1.54, 1.807) is 12.1 Å². The monoisotopic (exact) mass is 293 g/mol. The third-order valence-corrected chi connectivity index (χ3v) is 4.40. The highest BCUT2D eigenvalue weighted by Crippen LogP contribution is 2.32. The van der Waals surface area contributed by atoms with Crippen LogP contribution in [0.5, 0.6) is 0 Å². The number of nitrogens with one attached hydrogen (secondary N) is 1. The van der Waals surface area contributed by atoms with Gasteiger partial charge in [-0.2, -0.15) is 0 Å². The molecule has 1 N–H and O–H groups in total. The molecule has 3 nitrogen and oxygen atoms in total. The van der Waals surface area contributed by atoms with Crippen LogP contribution in [0, 0.1) is 5.82 Å². The second-order valence-corrected chi connectivity index (χ2v) is 5.92. The number of benzene rings is 1. The Kier molecular flexibility index (Phi) is 5.22. The molecule has 3 rings (SSSR count). The van der Waals surface area contributed by atoms with Crippen molar-refractivity contribution in [3.8, 4) is 0 Å². The van der Waals surface area contributed by atoms with E-state index >= 15 is 0 Å². The number of hydrogen-bond acceptors (Lipinski definition) is 3. The van der Waals surface area contributed by atoms with E-state index in [2.05, 4.69) is 5.32 Å². The molecule has 4 heteroatoms. The topological polar surface area (TPSA) is 30.5 Å². The van der Waals surface area contributed by atoms with Crippen LogP contribution in [0.3, 0.4) is 0 Å². The summed E-state index contributed by atoms with van der Waals surface area (Å²) >= 11 is 0. The van der Waals surface area contributed by atoms with E-state index in [9.17, 15) is 4.39 Å². The normalized spacial score (nSPS) is 24.4. The third-order valence-electron chi connectivity index (χ3n) is 4.40. The fraction of sp³-hybridized carbons (Fsp3) is 0.647. The quantitative estimate of drug-likeness (QED) is 0.784. The first-order valence-corrected chi connectivity index (χ1v) is 8.04. The number of halogens is 1. The highest BCUT2D eigenvalue weighted by atomic mass is 19.1. The Morgan fingerprint density at radius 2 is 2.29 bits per heavy atom. The van der Waals surface area contributed by atoms with Crippen molar-refractivity contribution in [2.24, 2.45) is 0 Å². The van der Waals surface area contributed by atoms with Crippen molar-refractivity contribution >= 4 is 0 Å². The Hall–Kier alpha value is -0.970. The number of rotatable bonds is 7. The van der Waals surface area contributed by atoms with Crippen LogP contribution in [-0.4, -0.2) is 32.5 Å². The van der Waals surface area contributed by atoms with Crippen LogP contribution in [-0.2, 0) is 15.9 Å². The fourth-order valence-electron chi connectivity index (χ4n) is 3.26. The molecule has 0 spiro atoms. The summed E-state index contributed by atoms with van der Waals surface area (Å²) in [5, 5.41) is 3.52. The molecule has 1 aliphatic carbocycles. The highest BCUT2D eigenvalue weighted by Gasteiger charge is 2.23. The molecule has 0 radical (unpaired) electrons. The predicted octanol–water partition coefficient (Wildman–Crippen LogP) is 2.99. The lowest BCUT2D eigenvalue weighted by molar-refractivity contribution is 0.0165. The number of hydrogen-bond donors (Lipinski definition) is 1. The van der Waals surface area contributed by atoms with Gasteiger partial charge in [0, 0.05) is 19.3 Å². The Morgan fingerprint density at radius 1 is 1.33 bits per heavy atom. The van der Waals surface area contributed by atoms with Gasteiger partial charge in [0.25, 0.3) is 0 Å². The molecule has 2 atom stereocenters. The molecule has 0 bridgehead atoms. The Morgan fingerprint density at radius 3 is 3.14 bits per heavy atom. The van der Waals surface area contributed by atoms with E-state index < -0.39 is 0 Å². The molecule has 116 valence electrons. The van der Waals surface area contributed by atoms with E-state index in [4.69, 9.17) is 9.47 Å². The van der Waals surface area contributed by atoms with Crippen LogP contribution < -0.4 is 5.32 Å². The van der Waals surface area contributed by atoms with Gasteiger partial charge in [-0.05, 0) is 55.8 Å². The van der Waals surface area contributed by atoms with Crippen LogP contribution in [0.15, 0.2) is 18.2 Å².